The molecule has 1 heterocycles. The monoisotopic (exact) mass is 254 g/mol. The molecule has 1 aliphatic heterocycles. The molecule has 0 aromatic rings. The molecule has 0 spiro atoms. The average molecular weight is 254 g/mol. The molecule has 0 aromatic carbocycles. The van der Waals surface area contributed by atoms with Crippen LogP contribution in [0.3, 0.4) is 0 Å². The minimum Gasteiger partial charge on any atom is -0.394 e. The number of hydrogen-bond acceptors (Lipinski definition) is 6. The Labute approximate surface area is 96.4 Å². The zero-order valence-electron chi connectivity index (χ0n) is 9.21. The summed E-state index contributed by atoms with van der Waals surface area (Å²) in [6, 6.07) is 0. The standard InChI is InChI=1S/C9H19O6P/c10-2-5-12-4-1-7-16-14-8-9(15-16)13-6-3-11/h9-11H,1-8H2. The molecule has 0 amide bonds. The first kappa shape index (κ1) is 14.3. The van der Waals surface area contributed by atoms with Gasteiger partial charge in [-0.05, 0) is 6.42 Å². The van der Waals surface area contributed by atoms with E-state index in [9.17, 15) is 0 Å². The van der Waals surface area contributed by atoms with Crippen molar-refractivity contribution in [1.29, 1.82) is 0 Å². The normalized spacial score (nSPS) is 25.1. The molecule has 1 saturated heterocycles. The Morgan fingerprint density at radius 1 is 1.19 bits per heavy atom. The van der Waals surface area contributed by atoms with Crippen LogP contribution in [-0.4, -0.2) is 62.3 Å². The molecule has 16 heavy (non-hydrogen) atoms. The van der Waals surface area contributed by atoms with E-state index in [1.54, 1.807) is 0 Å². The van der Waals surface area contributed by atoms with Crippen molar-refractivity contribution in [3.05, 3.63) is 0 Å². The molecule has 0 aliphatic carbocycles. The Balaban J connectivity index is 1.94. The molecule has 0 aromatic heterocycles. The highest BCUT2D eigenvalue weighted by molar-refractivity contribution is 7.47. The van der Waals surface area contributed by atoms with Gasteiger partial charge >= 0.3 is 0 Å². The Kier molecular flexibility index (Phi) is 8.23. The fourth-order valence-electron chi connectivity index (χ4n) is 1.18. The van der Waals surface area contributed by atoms with E-state index < -0.39 is 8.38 Å². The first-order chi connectivity index (χ1) is 7.86. The van der Waals surface area contributed by atoms with E-state index >= 15 is 0 Å². The van der Waals surface area contributed by atoms with Crippen LogP contribution in [0.1, 0.15) is 6.42 Å². The lowest BCUT2D eigenvalue weighted by Gasteiger charge is -2.10. The van der Waals surface area contributed by atoms with Crippen LogP contribution in [0.5, 0.6) is 0 Å². The molecule has 96 valence electrons. The predicted molar refractivity (Wildman–Crippen MR) is 58.2 cm³/mol. The molecule has 2 unspecified atom stereocenters. The van der Waals surface area contributed by atoms with Gasteiger partial charge < -0.3 is 28.7 Å². The van der Waals surface area contributed by atoms with Crippen molar-refractivity contribution in [2.45, 2.75) is 12.7 Å². The second kappa shape index (κ2) is 9.24. The number of rotatable bonds is 9. The van der Waals surface area contributed by atoms with Gasteiger partial charge in [0.25, 0.3) is 0 Å². The quantitative estimate of drug-likeness (QED) is 0.448. The van der Waals surface area contributed by atoms with E-state index in [2.05, 4.69) is 0 Å². The molecule has 2 atom stereocenters. The fourth-order valence-corrected chi connectivity index (χ4v) is 2.53. The maximum atomic E-state index is 8.56. The van der Waals surface area contributed by atoms with Gasteiger partial charge in [0, 0.05) is 12.8 Å². The average Bonchev–Trinajstić information content (AvgIpc) is 2.74. The zero-order chi connectivity index (χ0) is 11.6. The second-order valence-electron chi connectivity index (χ2n) is 3.17. The van der Waals surface area contributed by atoms with Crippen LogP contribution in [0.2, 0.25) is 0 Å². The lowest BCUT2D eigenvalue weighted by atomic mass is 10.5. The first-order valence-electron chi connectivity index (χ1n) is 5.35. The van der Waals surface area contributed by atoms with Crippen molar-refractivity contribution in [3.8, 4) is 0 Å². The van der Waals surface area contributed by atoms with Gasteiger partial charge in [0.15, 0.2) is 14.7 Å². The number of hydrogen-bond donors (Lipinski definition) is 2. The van der Waals surface area contributed by atoms with Crippen molar-refractivity contribution in [2.24, 2.45) is 0 Å². The van der Waals surface area contributed by atoms with E-state index in [-0.39, 0.29) is 26.1 Å². The molecule has 1 rings (SSSR count). The van der Waals surface area contributed by atoms with Gasteiger partial charge in [-0.15, -0.1) is 0 Å². The maximum Gasteiger partial charge on any atom is 0.187 e. The number of aliphatic hydroxyl groups excluding tert-OH is 2. The Morgan fingerprint density at radius 2 is 2.00 bits per heavy atom. The topological polar surface area (TPSA) is 77.4 Å². The molecular weight excluding hydrogens is 235 g/mol. The second-order valence-corrected chi connectivity index (χ2v) is 4.75. The number of ether oxygens (including phenoxy) is 2. The Hall–Kier alpha value is 0.190. The Bertz CT molecular complexity index is 170. The summed E-state index contributed by atoms with van der Waals surface area (Å²) in [5, 5.41) is 17.1. The molecule has 6 nitrogen and oxygen atoms in total. The summed E-state index contributed by atoms with van der Waals surface area (Å²) >= 11 is 0. The van der Waals surface area contributed by atoms with Gasteiger partial charge in [-0.25, -0.2) is 0 Å². The molecule has 1 aliphatic rings. The van der Waals surface area contributed by atoms with Crippen LogP contribution >= 0.6 is 8.38 Å². The highest BCUT2D eigenvalue weighted by atomic mass is 31.2. The summed E-state index contributed by atoms with van der Waals surface area (Å²) in [5.74, 6) is 0. The SMILES string of the molecule is OCCOCCCP1OCC(OCCO)O1. The third-order valence-electron chi connectivity index (χ3n) is 1.85. The zero-order valence-corrected chi connectivity index (χ0v) is 10.1. The molecule has 0 saturated carbocycles. The molecule has 7 heteroatoms. The molecule has 2 N–H and O–H groups in total. The summed E-state index contributed by atoms with van der Waals surface area (Å²) in [5.41, 5.74) is 0. The lowest BCUT2D eigenvalue weighted by molar-refractivity contribution is -0.0750. The van der Waals surface area contributed by atoms with Gasteiger partial charge in [-0.2, -0.15) is 0 Å². The van der Waals surface area contributed by atoms with E-state index in [0.717, 1.165) is 12.6 Å². The van der Waals surface area contributed by atoms with Gasteiger partial charge in [0.2, 0.25) is 0 Å². The summed E-state index contributed by atoms with van der Waals surface area (Å²) in [6.45, 7) is 1.74. The van der Waals surface area contributed by atoms with Crippen LogP contribution < -0.4 is 0 Å². The highest BCUT2D eigenvalue weighted by Gasteiger charge is 2.26. The summed E-state index contributed by atoms with van der Waals surface area (Å²) in [7, 11) is -0.871. The first-order valence-corrected chi connectivity index (χ1v) is 6.71. The van der Waals surface area contributed by atoms with Crippen LogP contribution in [-0.2, 0) is 18.5 Å². The molecule has 0 radical (unpaired) electrons. The third kappa shape index (κ3) is 6.06. The van der Waals surface area contributed by atoms with Crippen LogP contribution in [0.25, 0.3) is 0 Å². The largest absolute Gasteiger partial charge is 0.394 e. The van der Waals surface area contributed by atoms with Crippen LogP contribution in [0.4, 0.5) is 0 Å². The highest BCUT2D eigenvalue weighted by Crippen LogP contribution is 2.45. The van der Waals surface area contributed by atoms with Crippen molar-refractivity contribution >= 4 is 8.38 Å². The molecule has 1 fully saturated rings. The van der Waals surface area contributed by atoms with E-state index in [1.165, 1.54) is 0 Å². The third-order valence-corrected chi connectivity index (χ3v) is 3.44. The Morgan fingerprint density at radius 3 is 2.75 bits per heavy atom. The van der Waals surface area contributed by atoms with Crippen LogP contribution in [0.15, 0.2) is 0 Å². The van der Waals surface area contributed by atoms with Crippen molar-refractivity contribution in [2.75, 3.05) is 45.8 Å². The van der Waals surface area contributed by atoms with Gasteiger partial charge in [-0.1, -0.05) is 0 Å². The van der Waals surface area contributed by atoms with Gasteiger partial charge in [0.05, 0.1) is 26.4 Å². The summed E-state index contributed by atoms with van der Waals surface area (Å²) < 4.78 is 21.2. The van der Waals surface area contributed by atoms with Gasteiger partial charge in [0.1, 0.15) is 6.61 Å². The minimum atomic E-state index is -0.871. The van der Waals surface area contributed by atoms with Gasteiger partial charge in [-0.3, -0.25) is 0 Å². The smallest absolute Gasteiger partial charge is 0.187 e. The number of aliphatic hydroxyl groups is 2. The fraction of sp³-hybridized carbons (Fsp3) is 1.00. The molecular formula is C9H19O6P. The van der Waals surface area contributed by atoms with E-state index in [0.29, 0.717) is 19.8 Å². The maximum absolute atomic E-state index is 8.56. The van der Waals surface area contributed by atoms with Crippen molar-refractivity contribution in [1.82, 2.24) is 0 Å². The minimum absolute atomic E-state index is 0.00716. The van der Waals surface area contributed by atoms with Crippen LogP contribution in [0, 0.1) is 0 Å². The van der Waals surface area contributed by atoms with E-state index in [4.69, 9.17) is 28.7 Å². The predicted octanol–water partition coefficient (Wildman–Crippen LogP) is 0.0791. The molecule has 0 bridgehead atoms. The summed E-state index contributed by atoms with van der Waals surface area (Å²) in [6.07, 6.45) is 1.31. The van der Waals surface area contributed by atoms with Crippen molar-refractivity contribution < 1.29 is 28.7 Å². The lowest BCUT2D eigenvalue weighted by Crippen LogP contribution is -2.16. The summed E-state index contributed by atoms with van der Waals surface area (Å²) in [4.78, 5) is 0. The van der Waals surface area contributed by atoms with Crippen molar-refractivity contribution in [3.63, 3.8) is 0 Å². The van der Waals surface area contributed by atoms with E-state index in [1.807, 2.05) is 0 Å².